The molecule has 8 nitrogen and oxygen atoms in total. The minimum absolute atomic E-state index is 0.0658. The first-order valence-electron chi connectivity index (χ1n) is 5.46. The van der Waals surface area contributed by atoms with E-state index >= 15 is 0 Å². The average Bonchev–Trinajstić information content (AvgIpc) is 2.22. The average molecular weight is 291 g/mol. The zero-order valence-electron chi connectivity index (χ0n) is 10.9. The highest BCUT2D eigenvalue weighted by Crippen LogP contribution is 2.09. The predicted octanol–water partition coefficient (Wildman–Crippen LogP) is -0.499. The van der Waals surface area contributed by atoms with Crippen LogP contribution < -0.4 is 16.0 Å². The van der Waals surface area contributed by atoms with Gasteiger partial charge in [-0.05, 0) is 25.6 Å². The van der Waals surface area contributed by atoms with E-state index in [9.17, 15) is 19.2 Å². The molecule has 108 valence electrons. The lowest BCUT2D eigenvalue weighted by Gasteiger charge is -2.15. The molecule has 0 aliphatic rings. The second kappa shape index (κ2) is 8.35. The molecule has 0 fully saturated rings. The Hall–Kier alpha value is -1.77. The lowest BCUT2D eigenvalue weighted by Crippen LogP contribution is -2.48. The van der Waals surface area contributed by atoms with Gasteiger partial charge in [0, 0.05) is 13.0 Å². The molecule has 1 atom stereocenters. The fraction of sp³-hybridized carbons (Fsp3) is 0.600. The summed E-state index contributed by atoms with van der Waals surface area (Å²) in [5.74, 6) is -1.69. The normalized spacial score (nSPS) is 11.6. The van der Waals surface area contributed by atoms with E-state index in [2.05, 4.69) is 16.0 Å². The second-order valence-electron chi connectivity index (χ2n) is 3.90. The number of hydrogen-bond donors (Lipinski definition) is 4. The summed E-state index contributed by atoms with van der Waals surface area (Å²) >= 11 is 0.243. The monoisotopic (exact) mass is 291 g/mol. The maximum atomic E-state index is 11.6. The molecule has 0 aliphatic heterocycles. The van der Waals surface area contributed by atoms with Crippen LogP contribution in [0.25, 0.3) is 0 Å². The fourth-order valence-corrected chi connectivity index (χ4v) is 1.68. The second-order valence-corrected chi connectivity index (χ2v) is 4.96. The highest BCUT2D eigenvalue weighted by Gasteiger charge is 2.23. The van der Waals surface area contributed by atoms with E-state index in [-0.39, 0.29) is 24.3 Å². The lowest BCUT2D eigenvalue weighted by molar-refractivity contribution is -0.128. The van der Waals surface area contributed by atoms with Crippen LogP contribution >= 0.6 is 11.8 Å². The molecule has 3 amide bonds. The van der Waals surface area contributed by atoms with Crippen LogP contribution in [0.5, 0.6) is 0 Å². The van der Waals surface area contributed by atoms with E-state index in [1.54, 1.807) is 13.8 Å². The summed E-state index contributed by atoms with van der Waals surface area (Å²) in [4.78, 5) is 44.3. The number of carbonyl (C=O) groups is 4. The van der Waals surface area contributed by atoms with Gasteiger partial charge in [-0.2, -0.15) is 0 Å². The molecule has 0 aromatic rings. The van der Waals surface area contributed by atoms with Crippen molar-refractivity contribution in [2.75, 3.05) is 6.54 Å². The van der Waals surface area contributed by atoms with Crippen molar-refractivity contribution < 1.29 is 24.3 Å². The molecule has 1 unspecified atom stereocenters. The van der Waals surface area contributed by atoms with E-state index in [1.165, 1.54) is 0 Å². The van der Waals surface area contributed by atoms with Crippen LogP contribution in [0.4, 0.5) is 4.79 Å². The third-order valence-electron chi connectivity index (χ3n) is 1.66. The van der Waals surface area contributed by atoms with Gasteiger partial charge in [0.1, 0.15) is 0 Å². The maximum absolute atomic E-state index is 11.6. The summed E-state index contributed by atoms with van der Waals surface area (Å²) in [6.45, 7) is 4.40. The first kappa shape index (κ1) is 17.2. The molecular formula is C10H17N3O5S. The molecule has 0 aromatic heterocycles. The smallest absolute Gasteiger partial charge is 0.367 e. The Morgan fingerprint density at radius 1 is 1.16 bits per heavy atom. The van der Waals surface area contributed by atoms with Gasteiger partial charge in [-0.1, -0.05) is 0 Å². The molecule has 0 radical (unpaired) electrons. The Labute approximate surface area is 114 Å². The largest absolute Gasteiger partial charge is 0.473 e. The molecule has 9 heteroatoms. The topological polar surface area (TPSA) is 125 Å². The van der Waals surface area contributed by atoms with Crippen molar-refractivity contribution in [1.29, 1.82) is 0 Å². The zero-order valence-corrected chi connectivity index (χ0v) is 11.7. The number of thioether (sulfide) groups is 1. The SMILES string of the molecule is CC(=O)NC(SC(=O)O)C(=O)NCC(=O)NC(C)C. The van der Waals surface area contributed by atoms with Crippen LogP contribution in [-0.4, -0.2) is 46.1 Å². The minimum atomic E-state index is -1.31. The van der Waals surface area contributed by atoms with Crippen molar-refractivity contribution in [3.63, 3.8) is 0 Å². The number of carboxylic acid groups (broad SMARTS) is 1. The van der Waals surface area contributed by atoms with E-state index in [4.69, 9.17) is 5.11 Å². The van der Waals surface area contributed by atoms with Gasteiger partial charge in [-0.15, -0.1) is 0 Å². The first-order chi connectivity index (χ1) is 8.72. The van der Waals surface area contributed by atoms with E-state index in [0.717, 1.165) is 6.92 Å². The number of amides is 3. The molecule has 0 saturated heterocycles. The van der Waals surface area contributed by atoms with Crippen molar-refractivity contribution in [1.82, 2.24) is 16.0 Å². The molecule has 0 aromatic carbocycles. The summed E-state index contributed by atoms with van der Waals surface area (Å²) in [5, 5.41) is 13.0. The molecule has 19 heavy (non-hydrogen) atoms. The summed E-state index contributed by atoms with van der Waals surface area (Å²) in [6.07, 6.45) is 0. The van der Waals surface area contributed by atoms with Gasteiger partial charge < -0.3 is 21.1 Å². The summed E-state index contributed by atoms with van der Waals surface area (Å²) in [7, 11) is 0. The standard InChI is InChI=1S/C10H17N3O5S/c1-5(2)12-7(15)4-11-8(16)9(13-6(3)14)19-10(17)18/h5,9H,4H2,1-3H3,(H,11,16)(H,12,15)(H,13,14)(H,17,18). The van der Waals surface area contributed by atoms with Gasteiger partial charge >= 0.3 is 5.30 Å². The Kier molecular flexibility index (Phi) is 7.57. The molecular weight excluding hydrogens is 274 g/mol. The van der Waals surface area contributed by atoms with Gasteiger partial charge in [0.25, 0.3) is 5.91 Å². The Bertz CT molecular complexity index is 356. The fourth-order valence-electron chi connectivity index (χ4n) is 1.07. The number of hydrogen-bond acceptors (Lipinski definition) is 5. The van der Waals surface area contributed by atoms with Crippen molar-refractivity contribution >= 4 is 34.8 Å². The number of nitrogens with one attached hydrogen (secondary N) is 3. The lowest BCUT2D eigenvalue weighted by atomic mass is 10.4. The van der Waals surface area contributed by atoms with Crippen molar-refractivity contribution in [3.8, 4) is 0 Å². The quantitative estimate of drug-likeness (QED) is 0.489. The van der Waals surface area contributed by atoms with Crippen LogP contribution in [0.2, 0.25) is 0 Å². The molecule has 0 spiro atoms. The third kappa shape index (κ3) is 8.89. The first-order valence-corrected chi connectivity index (χ1v) is 6.34. The number of carbonyl (C=O) groups excluding carboxylic acids is 3. The van der Waals surface area contributed by atoms with E-state index in [0.29, 0.717) is 0 Å². The molecule has 0 rings (SSSR count). The zero-order chi connectivity index (χ0) is 15.0. The summed E-state index contributed by atoms with van der Waals surface area (Å²) < 4.78 is 0. The Balaban J connectivity index is 4.35. The van der Waals surface area contributed by atoms with Crippen LogP contribution in [-0.2, 0) is 14.4 Å². The van der Waals surface area contributed by atoms with Gasteiger partial charge in [0.2, 0.25) is 11.8 Å². The van der Waals surface area contributed by atoms with Crippen molar-refractivity contribution in [2.24, 2.45) is 0 Å². The van der Waals surface area contributed by atoms with Crippen molar-refractivity contribution in [3.05, 3.63) is 0 Å². The summed E-state index contributed by atoms with van der Waals surface area (Å²) in [6, 6.07) is -0.0658. The Morgan fingerprint density at radius 3 is 2.16 bits per heavy atom. The van der Waals surface area contributed by atoms with Crippen LogP contribution in [0, 0.1) is 0 Å². The van der Waals surface area contributed by atoms with Gasteiger partial charge in [-0.3, -0.25) is 14.4 Å². The molecule has 0 aliphatic carbocycles. The molecule has 0 heterocycles. The third-order valence-corrected chi connectivity index (χ3v) is 2.43. The van der Waals surface area contributed by atoms with Crippen LogP contribution in [0.3, 0.4) is 0 Å². The Morgan fingerprint density at radius 2 is 1.74 bits per heavy atom. The number of rotatable bonds is 6. The maximum Gasteiger partial charge on any atom is 0.367 e. The highest BCUT2D eigenvalue weighted by molar-refractivity contribution is 8.14. The van der Waals surface area contributed by atoms with E-state index in [1.807, 2.05) is 0 Å². The van der Waals surface area contributed by atoms with Gasteiger partial charge in [-0.25, -0.2) is 4.79 Å². The minimum Gasteiger partial charge on any atom is -0.473 e. The van der Waals surface area contributed by atoms with Gasteiger partial charge in [0.05, 0.1) is 6.54 Å². The molecule has 4 N–H and O–H groups in total. The van der Waals surface area contributed by atoms with Crippen LogP contribution in [0.15, 0.2) is 0 Å². The molecule has 0 saturated carbocycles. The van der Waals surface area contributed by atoms with Crippen LogP contribution in [0.1, 0.15) is 20.8 Å². The molecule has 0 bridgehead atoms. The highest BCUT2D eigenvalue weighted by atomic mass is 32.2. The van der Waals surface area contributed by atoms with E-state index < -0.39 is 28.4 Å². The predicted molar refractivity (Wildman–Crippen MR) is 69.5 cm³/mol. The van der Waals surface area contributed by atoms with Crippen molar-refractivity contribution in [2.45, 2.75) is 32.2 Å². The van der Waals surface area contributed by atoms with Gasteiger partial charge in [0.15, 0.2) is 5.37 Å². The summed E-state index contributed by atoms with van der Waals surface area (Å²) in [5.41, 5.74) is 0.